The topological polar surface area (TPSA) is 114 Å². The Bertz CT molecular complexity index is 1720. The lowest BCUT2D eigenvalue weighted by Gasteiger charge is -2.14. The maximum absolute atomic E-state index is 13.4. The average molecular weight is 551 g/mol. The first-order valence-electron chi connectivity index (χ1n) is 13.5. The van der Waals surface area contributed by atoms with Crippen LogP contribution in [0.15, 0.2) is 83.9 Å². The highest BCUT2D eigenvalue weighted by Crippen LogP contribution is 2.30. The number of rotatable bonds is 9. The van der Waals surface area contributed by atoms with Crippen molar-refractivity contribution < 1.29 is 14.3 Å². The molecule has 3 aromatic heterocycles. The molecule has 0 aliphatic carbocycles. The van der Waals surface area contributed by atoms with Gasteiger partial charge in [0.2, 0.25) is 0 Å². The molecule has 41 heavy (non-hydrogen) atoms. The predicted octanol–water partition coefficient (Wildman–Crippen LogP) is 4.44. The van der Waals surface area contributed by atoms with Crippen molar-refractivity contribution in [3.8, 4) is 22.9 Å². The van der Waals surface area contributed by atoms with Crippen LogP contribution in [-0.4, -0.2) is 50.8 Å². The lowest BCUT2D eigenvalue weighted by atomic mass is 10.2. The molecular formula is C31H30N6O4. The summed E-state index contributed by atoms with van der Waals surface area (Å²) in [4.78, 5) is 37.8. The van der Waals surface area contributed by atoms with Crippen LogP contribution in [0.3, 0.4) is 0 Å². The first-order chi connectivity index (χ1) is 20.1. The number of carbonyl (C=O) groups is 1. The number of para-hydroxylation sites is 1. The van der Waals surface area contributed by atoms with Crippen LogP contribution in [0.4, 0.5) is 0 Å². The molecule has 208 valence electrons. The van der Waals surface area contributed by atoms with E-state index in [1.807, 2.05) is 48.5 Å². The van der Waals surface area contributed by atoms with Crippen LogP contribution in [0.5, 0.6) is 17.2 Å². The molecule has 1 aliphatic rings. The summed E-state index contributed by atoms with van der Waals surface area (Å²) in [6, 6.07) is 20.2. The van der Waals surface area contributed by atoms with Crippen LogP contribution in [0.2, 0.25) is 0 Å². The highest BCUT2D eigenvalue weighted by molar-refractivity contribution is 5.95. The van der Waals surface area contributed by atoms with Crippen LogP contribution >= 0.6 is 0 Å². The van der Waals surface area contributed by atoms with E-state index < -0.39 is 5.91 Å². The van der Waals surface area contributed by atoms with Gasteiger partial charge in [0.25, 0.3) is 11.5 Å². The fourth-order valence-electron chi connectivity index (χ4n) is 5.03. The third kappa shape index (κ3) is 5.68. The fraction of sp³-hybridized carbons (Fsp3) is 0.226. The van der Waals surface area contributed by atoms with E-state index in [1.54, 1.807) is 37.7 Å². The molecule has 0 bridgehead atoms. The molecule has 1 fully saturated rings. The summed E-state index contributed by atoms with van der Waals surface area (Å²) in [7, 11) is 1.61. The Morgan fingerprint density at radius 1 is 1.00 bits per heavy atom. The lowest BCUT2D eigenvalue weighted by Crippen LogP contribution is -2.31. The van der Waals surface area contributed by atoms with Crippen LogP contribution in [-0.2, 0) is 13.1 Å². The highest BCUT2D eigenvalue weighted by atomic mass is 16.5. The quantitative estimate of drug-likeness (QED) is 0.279. The summed E-state index contributed by atoms with van der Waals surface area (Å²) >= 11 is 0. The zero-order chi connectivity index (χ0) is 28.2. The van der Waals surface area contributed by atoms with Gasteiger partial charge >= 0.3 is 0 Å². The maximum Gasteiger partial charge on any atom is 0.284 e. The summed E-state index contributed by atoms with van der Waals surface area (Å²) in [5.41, 5.74) is 2.43. The normalized spacial score (nSPS) is 13.4. The smallest absolute Gasteiger partial charge is 0.284 e. The number of nitrogens with zero attached hydrogens (tertiary/aromatic N) is 4. The number of nitrogens with one attached hydrogen (secondary N) is 2. The Morgan fingerprint density at radius 2 is 1.80 bits per heavy atom. The van der Waals surface area contributed by atoms with E-state index in [0.717, 1.165) is 42.6 Å². The van der Waals surface area contributed by atoms with Gasteiger partial charge in [-0.1, -0.05) is 18.2 Å². The minimum Gasteiger partial charge on any atom is -0.497 e. The second-order valence-electron chi connectivity index (χ2n) is 9.89. The molecule has 6 rings (SSSR count). The van der Waals surface area contributed by atoms with Gasteiger partial charge in [0, 0.05) is 24.2 Å². The van der Waals surface area contributed by atoms with Crippen molar-refractivity contribution in [2.24, 2.45) is 0 Å². The van der Waals surface area contributed by atoms with Gasteiger partial charge in [-0.3, -0.25) is 29.6 Å². The highest BCUT2D eigenvalue weighted by Gasteiger charge is 2.24. The zero-order valence-corrected chi connectivity index (χ0v) is 22.7. The van der Waals surface area contributed by atoms with Gasteiger partial charge < -0.3 is 14.8 Å². The Labute approximate surface area is 236 Å². The third-order valence-corrected chi connectivity index (χ3v) is 7.15. The number of amides is 1. The molecule has 4 heterocycles. The van der Waals surface area contributed by atoms with Gasteiger partial charge in [-0.2, -0.15) is 0 Å². The number of fused-ring (bicyclic) bond motifs is 1. The van der Waals surface area contributed by atoms with Crippen molar-refractivity contribution >= 4 is 16.8 Å². The summed E-state index contributed by atoms with van der Waals surface area (Å²) in [5.74, 6) is 1.48. The number of pyridine rings is 2. The van der Waals surface area contributed by atoms with Gasteiger partial charge in [-0.25, -0.2) is 4.68 Å². The predicted molar refractivity (Wildman–Crippen MR) is 155 cm³/mol. The van der Waals surface area contributed by atoms with Crippen LogP contribution < -0.4 is 20.3 Å². The molecule has 10 heteroatoms. The van der Waals surface area contributed by atoms with Crippen molar-refractivity contribution in [2.75, 3.05) is 20.2 Å². The minimum absolute atomic E-state index is 0.127. The van der Waals surface area contributed by atoms with Crippen molar-refractivity contribution in [3.05, 3.63) is 106 Å². The van der Waals surface area contributed by atoms with Crippen LogP contribution in [0.25, 0.3) is 16.6 Å². The molecule has 5 aromatic rings. The first kappa shape index (κ1) is 26.3. The number of hydrogen-bond donors (Lipinski definition) is 2. The second-order valence-corrected chi connectivity index (χ2v) is 9.89. The van der Waals surface area contributed by atoms with E-state index in [0.29, 0.717) is 35.1 Å². The van der Waals surface area contributed by atoms with Crippen molar-refractivity contribution in [1.29, 1.82) is 0 Å². The molecule has 2 aromatic carbocycles. The molecule has 10 nitrogen and oxygen atoms in total. The lowest BCUT2D eigenvalue weighted by molar-refractivity contribution is 0.0947. The Balaban J connectivity index is 1.17. The average Bonchev–Trinajstić information content (AvgIpc) is 3.64. The minimum atomic E-state index is -0.434. The van der Waals surface area contributed by atoms with E-state index in [-0.39, 0.29) is 17.7 Å². The maximum atomic E-state index is 13.4. The summed E-state index contributed by atoms with van der Waals surface area (Å²) in [6.07, 6.45) is 5.51. The molecule has 0 radical (unpaired) electrons. The van der Waals surface area contributed by atoms with Gasteiger partial charge in [0.05, 0.1) is 42.4 Å². The molecular weight excluding hydrogens is 520 g/mol. The number of likely N-dealkylation sites (tertiary alicyclic amines) is 1. The summed E-state index contributed by atoms with van der Waals surface area (Å²) < 4.78 is 12.8. The number of benzene rings is 2. The number of hydrogen-bond acceptors (Lipinski definition) is 7. The number of carbonyl (C=O) groups excluding carboxylic acids is 1. The number of aromatic amines is 1. The van der Waals surface area contributed by atoms with E-state index >= 15 is 0 Å². The van der Waals surface area contributed by atoms with E-state index in [1.165, 1.54) is 4.68 Å². The Morgan fingerprint density at radius 3 is 2.56 bits per heavy atom. The standard InChI is InChI=1S/C31H30N6O4/c1-40-23-11-12-25-26(17-23)32-14-13-28(25)41-24-10-9-21(33-19-24)18-34-30(38)29-27(20-36-15-5-6-16-36)35-37(31(29)39)22-7-3-2-4-8-22/h2-4,7-14,17,19,35H,5-6,15-16,18,20H2,1H3,(H,34,38). The number of ether oxygens (including phenoxy) is 2. The van der Waals surface area contributed by atoms with Crippen LogP contribution in [0, 0.1) is 0 Å². The summed E-state index contributed by atoms with van der Waals surface area (Å²) in [6.45, 7) is 2.57. The van der Waals surface area contributed by atoms with E-state index in [9.17, 15) is 9.59 Å². The molecule has 1 amide bonds. The molecule has 0 spiro atoms. The van der Waals surface area contributed by atoms with Crippen molar-refractivity contribution in [2.45, 2.75) is 25.9 Å². The molecule has 0 atom stereocenters. The van der Waals surface area contributed by atoms with E-state index in [4.69, 9.17) is 9.47 Å². The largest absolute Gasteiger partial charge is 0.497 e. The Hall–Kier alpha value is -4.96. The molecule has 2 N–H and O–H groups in total. The molecule has 1 aliphatic heterocycles. The Kier molecular flexibility index (Phi) is 7.46. The van der Waals surface area contributed by atoms with Crippen molar-refractivity contribution in [3.63, 3.8) is 0 Å². The fourth-order valence-corrected chi connectivity index (χ4v) is 5.03. The zero-order valence-electron chi connectivity index (χ0n) is 22.7. The van der Waals surface area contributed by atoms with Gasteiger partial charge in [0.1, 0.15) is 22.8 Å². The second kappa shape index (κ2) is 11.6. The van der Waals surface area contributed by atoms with Gasteiger partial charge in [-0.05, 0) is 68.4 Å². The number of methoxy groups -OCH3 is 1. The third-order valence-electron chi connectivity index (χ3n) is 7.15. The molecule has 0 unspecified atom stereocenters. The van der Waals surface area contributed by atoms with Crippen LogP contribution in [0.1, 0.15) is 34.6 Å². The number of aromatic nitrogens is 4. The molecule has 0 saturated carbocycles. The summed E-state index contributed by atoms with van der Waals surface area (Å²) in [5, 5.41) is 6.91. The van der Waals surface area contributed by atoms with Crippen molar-refractivity contribution in [1.82, 2.24) is 30.0 Å². The number of H-pyrrole nitrogens is 1. The SMILES string of the molecule is COc1ccc2c(Oc3ccc(CNC(=O)c4c(CN5CCCC5)[nH]n(-c5ccccc5)c4=O)nc3)ccnc2c1. The first-order valence-corrected chi connectivity index (χ1v) is 13.5. The van der Waals surface area contributed by atoms with E-state index in [2.05, 4.69) is 25.3 Å². The van der Waals surface area contributed by atoms with Gasteiger partial charge in [0.15, 0.2) is 0 Å². The van der Waals surface area contributed by atoms with Gasteiger partial charge in [-0.15, -0.1) is 0 Å². The monoisotopic (exact) mass is 550 g/mol. The molecule has 1 saturated heterocycles.